The molecule has 0 spiro atoms. The normalized spacial score (nSPS) is 12.1. The fourth-order valence-corrected chi connectivity index (χ4v) is 1.21. The minimum atomic E-state index is -2.54. The molecule has 14 heavy (non-hydrogen) atoms. The van der Waals surface area contributed by atoms with Crippen molar-refractivity contribution in [3.63, 3.8) is 0 Å². The van der Waals surface area contributed by atoms with Crippen LogP contribution in [-0.2, 0) is 5.54 Å². The monoisotopic (exact) mass is 201 g/mol. The molecule has 0 aliphatic rings. The molecule has 0 atom stereocenters. The number of alkyl halides is 2. The van der Waals surface area contributed by atoms with Gasteiger partial charge < -0.3 is 10.8 Å². The van der Waals surface area contributed by atoms with Gasteiger partial charge in [-0.3, -0.25) is 0 Å². The van der Waals surface area contributed by atoms with E-state index < -0.39 is 12.0 Å². The molecule has 78 valence electrons. The van der Waals surface area contributed by atoms with Crippen molar-refractivity contribution in [1.29, 1.82) is 0 Å². The van der Waals surface area contributed by atoms with E-state index in [-0.39, 0.29) is 11.3 Å². The molecular weight excluding hydrogens is 188 g/mol. The second kappa shape index (κ2) is 3.53. The van der Waals surface area contributed by atoms with Gasteiger partial charge in [0.25, 0.3) is 6.43 Å². The standard InChI is InChI=1S/C10H13F2NO/c1-10(2,13)7-5-6(9(11)12)3-4-8(7)14/h3-5,9,14H,13H2,1-2H3. The molecule has 1 aromatic carbocycles. The lowest BCUT2D eigenvalue weighted by molar-refractivity contribution is 0.151. The maximum atomic E-state index is 12.3. The van der Waals surface area contributed by atoms with E-state index in [1.165, 1.54) is 18.2 Å². The predicted octanol–water partition coefficient (Wildman–Crippen LogP) is 2.52. The Morgan fingerprint density at radius 2 is 1.93 bits per heavy atom. The second-order valence-corrected chi connectivity index (χ2v) is 3.80. The van der Waals surface area contributed by atoms with Gasteiger partial charge in [0.15, 0.2) is 0 Å². The number of aromatic hydroxyl groups is 1. The van der Waals surface area contributed by atoms with Crippen molar-refractivity contribution in [2.45, 2.75) is 25.8 Å². The summed E-state index contributed by atoms with van der Waals surface area (Å²) in [5.41, 5.74) is 5.10. The molecule has 0 aromatic heterocycles. The molecular formula is C10H13F2NO. The van der Waals surface area contributed by atoms with Crippen molar-refractivity contribution in [3.8, 4) is 5.75 Å². The molecule has 4 heteroatoms. The third-order valence-electron chi connectivity index (χ3n) is 1.97. The first-order valence-corrected chi connectivity index (χ1v) is 4.23. The molecule has 0 radical (unpaired) electrons. The predicted molar refractivity (Wildman–Crippen MR) is 50.3 cm³/mol. The fraction of sp³-hybridized carbons (Fsp3) is 0.400. The van der Waals surface area contributed by atoms with Gasteiger partial charge in [0.05, 0.1) is 0 Å². The van der Waals surface area contributed by atoms with Gasteiger partial charge in [-0.05, 0) is 32.0 Å². The summed E-state index contributed by atoms with van der Waals surface area (Å²) in [7, 11) is 0. The number of halogens is 2. The Labute approximate surface area is 81.4 Å². The van der Waals surface area contributed by atoms with Gasteiger partial charge in [-0.25, -0.2) is 8.78 Å². The van der Waals surface area contributed by atoms with E-state index >= 15 is 0 Å². The van der Waals surface area contributed by atoms with Crippen LogP contribution in [-0.4, -0.2) is 5.11 Å². The highest BCUT2D eigenvalue weighted by molar-refractivity contribution is 5.40. The van der Waals surface area contributed by atoms with Crippen LogP contribution in [0, 0.1) is 0 Å². The maximum Gasteiger partial charge on any atom is 0.263 e. The summed E-state index contributed by atoms with van der Waals surface area (Å²) in [6.07, 6.45) is -2.54. The van der Waals surface area contributed by atoms with Gasteiger partial charge in [0.2, 0.25) is 0 Å². The van der Waals surface area contributed by atoms with Crippen LogP contribution in [0.3, 0.4) is 0 Å². The Hall–Kier alpha value is -1.16. The number of nitrogens with two attached hydrogens (primary N) is 1. The fourth-order valence-electron chi connectivity index (χ4n) is 1.21. The first kappa shape index (κ1) is 10.9. The van der Waals surface area contributed by atoms with Gasteiger partial charge in [-0.1, -0.05) is 0 Å². The second-order valence-electron chi connectivity index (χ2n) is 3.80. The largest absolute Gasteiger partial charge is 0.508 e. The summed E-state index contributed by atoms with van der Waals surface area (Å²) in [6.45, 7) is 3.30. The van der Waals surface area contributed by atoms with Crippen molar-refractivity contribution in [3.05, 3.63) is 29.3 Å². The van der Waals surface area contributed by atoms with Crippen molar-refractivity contribution in [1.82, 2.24) is 0 Å². The molecule has 2 nitrogen and oxygen atoms in total. The zero-order valence-corrected chi connectivity index (χ0v) is 8.09. The van der Waals surface area contributed by atoms with E-state index in [2.05, 4.69) is 0 Å². The van der Waals surface area contributed by atoms with Crippen LogP contribution in [0.15, 0.2) is 18.2 Å². The average Bonchev–Trinajstić information content (AvgIpc) is 2.02. The summed E-state index contributed by atoms with van der Waals surface area (Å²) >= 11 is 0. The van der Waals surface area contributed by atoms with Crippen LogP contribution in [0.1, 0.15) is 31.4 Å². The van der Waals surface area contributed by atoms with E-state index in [9.17, 15) is 13.9 Å². The highest BCUT2D eigenvalue weighted by Gasteiger charge is 2.20. The van der Waals surface area contributed by atoms with Crippen molar-refractivity contribution < 1.29 is 13.9 Å². The molecule has 1 rings (SSSR count). The van der Waals surface area contributed by atoms with Crippen LogP contribution >= 0.6 is 0 Å². The molecule has 0 aliphatic heterocycles. The molecule has 0 bridgehead atoms. The van der Waals surface area contributed by atoms with Crippen LogP contribution in [0.5, 0.6) is 5.75 Å². The van der Waals surface area contributed by atoms with E-state index in [0.717, 1.165) is 0 Å². The summed E-state index contributed by atoms with van der Waals surface area (Å²) in [5, 5.41) is 9.43. The van der Waals surface area contributed by atoms with Gasteiger partial charge in [0, 0.05) is 16.7 Å². The van der Waals surface area contributed by atoms with E-state index in [0.29, 0.717) is 5.56 Å². The van der Waals surface area contributed by atoms with Crippen molar-refractivity contribution in [2.24, 2.45) is 5.73 Å². The van der Waals surface area contributed by atoms with Gasteiger partial charge in [0.1, 0.15) is 5.75 Å². The van der Waals surface area contributed by atoms with Gasteiger partial charge in [-0.15, -0.1) is 0 Å². The summed E-state index contributed by atoms with van der Waals surface area (Å²) in [5.74, 6) is -0.0538. The Morgan fingerprint density at radius 1 is 1.36 bits per heavy atom. The molecule has 0 aliphatic carbocycles. The highest BCUT2D eigenvalue weighted by atomic mass is 19.3. The number of phenolic OH excluding ortho intramolecular Hbond substituents is 1. The summed E-state index contributed by atoms with van der Waals surface area (Å²) in [4.78, 5) is 0. The Morgan fingerprint density at radius 3 is 2.36 bits per heavy atom. The van der Waals surface area contributed by atoms with E-state index in [1.807, 2.05) is 0 Å². The number of rotatable bonds is 2. The molecule has 3 N–H and O–H groups in total. The number of phenols is 1. The Kier molecular flexibility index (Phi) is 2.76. The zero-order chi connectivity index (χ0) is 10.9. The first-order chi connectivity index (χ1) is 6.32. The first-order valence-electron chi connectivity index (χ1n) is 4.23. The zero-order valence-electron chi connectivity index (χ0n) is 8.09. The minimum absolute atomic E-state index is 0.0538. The third kappa shape index (κ3) is 2.20. The van der Waals surface area contributed by atoms with Crippen molar-refractivity contribution >= 4 is 0 Å². The summed E-state index contributed by atoms with van der Waals surface area (Å²) in [6, 6.07) is 3.67. The quantitative estimate of drug-likeness (QED) is 0.772. The van der Waals surface area contributed by atoms with Crippen LogP contribution in [0.4, 0.5) is 8.78 Å². The smallest absolute Gasteiger partial charge is 0.263 e. The molecule has 0 fully saturated rings. The lowest BCUT2D eigenvalue weighted by Gasteiger charge is -2.21. The van der Waals surface area contributed by atoms with Crippen LogP contribution in [0.2, 0.25) is 0 Å². The highest BCUT2D eigenvalue weighted by Crippen LogP contribution is 2.30. The minimum Gasteiger partial charge on any atom is -0.508 e. The van der Waals surface area contributed by atoms with Crippen LogP contribution in [0.25, 0.3) is 0 Å². The number of benzene rings is 1. The molecule has 0 heterocycles. The lowest BCUT2D eigenvalue weighted by atomic mass is 9.93. The average molecular weight is 201 g/mol. The molecule has 0 saturated heterocycles. The molecule has 0 saturated carbocycles. The van der Waals surface area contributed by atoms with E-state index in [1.54, 1.807) is 13.8 Å². The summed E-state index contributed by atoms with van der Waals surface area (Å²) < 4.78 is 24.7. The SMILES string of the molecule is CC(C)(N)c1cc(C(F)F)ccc1O. The topological polar surface area (TPSA) is 46.2 Å². The van der Waals surface area contributed by atoms with Gasteiger partial charge >= 0.3 is 0 Å². The van der Waals surface area contributed by atoms with Crippen LogP contribution < -0.4 is 5.73 Å². The lowest BCUT2D eigenvalue weighted by Crippen LogP contribution is -2.28. The number of hydrogen-bond acceptors (Lipinski definition) is 2. The molecule has 1 aromatic rings. The molecule has 0 unspecified atom stereocenters. The number of hydrogen-bond donors (Lipinski definition) is 2. The maximum absolute atomic E-state index is 12.3. The molecule has 0 amide bonds. The van der Waals surface area contributed by atoms with Crippen molar-refractivity contribution in [2.75, 3.05) is 0 Å². The Balaban J connectivity index is 3.22. The van der Waals surface area contributed by atoms with Gasteiger partial charge in [-0.2, -0.15) is 0 Å². The third-order valence-corrected chi connectivity index (χ3v) is 1.97. The van der Waals surface area contributed by atoms with E-state index in [4.69, 9.17) is 5.73 Å². The Bertz CT molecular complexity index is 331.